The van der Waals surface area contributed by atoms with Crippen LogP contribution in [0.2, 0.25) is 5.02 Å². The fourth-order valence-corrected chi connectivity index (χ4v) is 3.23. The van der Waals surface area contributed by atoms with Crippen molar-refractivity contribution in [2.45, 2.75) is 25.7 Å². The number of anilines is 2. The topological polar surface area (TPSA) is 32.3 Å². The van der Waals surface area contributed by atoms with Crippen LogP contribution in [0.5, 0.6) is 0 Å². The second-order valence-electron chi connectivity index (χ2n) is 6.03. The lowest BCUT2D eigenvalue weighted by Gasteiger charge is -2.30. The fourth-order valence-electron chi connectivity index (χ4n) is 3.03. The van der Waals surface area contributed by atoms with Gasteiger partial charge in [0.25, 0.3) is 0 Å². The van der Waals surface area contributed by atoms with Crippen LogP contribution in [-0.4, -0.2) is 19.0 Å². The van der Waals surface area contributed by atoms with E-state index < -0.39 is 0 Å². The average Bonchev–Trinajstić information content (AvgIpc) is 2.58. The molecular formula is C19H20ClFN2O. The van der Waals surface area contributed by atoms with Crippen molar-refractivity contribution in [3.63, 3.8) is 0 Å². The van der Waals surface area contributed by atoms with Gasteiger partial charge in [-0.2, -0.15) is 0 Å². The lowest BCUT2D eigenvalue weighted by molar-refractivity contribution is -0.115. The first-order valence-electron chi connectivity index (χ1n) is 8.21. The first kappa shape index (κ1) is 16.8. The summed E-state index contributed by atoms with van der Waals surface area (Å²) in [5.41, 5.74) is 2.16. The summed E-state index contributed by atoms with van der Waals surface area (Å²) in [7, 11) is 0. The van der Waals surface area contributed by atoms with Gasteiger partial charge in [0.05, 0.1) is 17.8 Å². The number of halogens is 2. The monoisotopic (exact) mass is 346 g/mol. The third-order valence-electron chi connectivity index (χ3n) is 4.24. The van der Waals surface area contributed by atoms with Crippen LogP contribution >= 0.6 is 11.6 Å². The van der Waals surface area contributed by atoms with Gasteiger partial charge in [-0.25, -0.2) is 4.39 Å². The Morgan fingerprint density at radius 3 is 2.62 bits per heavy atom. The van der Waals surface area contributed by atoms with Gasteiger partial charge in [0.2, 0.25) is 5.91 Å². The molecule has 3 nitrogen and oxygen atoms in total. The van der Waals surface area contributed by atoms with E-state index >= 15 is 0 Å². The van der Waals surface area contributed by atoms with E-state index in [4.69, 9.17) is 11.6 Å². The van der Waals surface area contributed by atoms with Crippen LogP contribution in [0, 0.1) is 5.82 Å². The van der Waals surface area contributed by atoms with Crippen LogP contribution in [0.4, 0.5) is 15.8 Å². The minimum atomic E-state index is -0.358. The molecule has 1 aliphatic rings. The Morgan fingerprint density at radius 2 is 1.88 bits per heavy atom. The molecule has 0 unspecified atom stereocenters. The fraction of sp³-hybridized carbons (Fsp3) is 0.316. The number of amides is 1. The van der Waals surface area contributed by atoms with Crippen LogP contribution in [0.1, 0.15) is 24.8 Å². The molecule has 2 aromatic carbocycles. The predicted molar refractivity (Wildman–Crippen MR) is 96.2 cm³/mol. The van der Waals surface area contributed by atoms with E-state index in [1.165, 1.54) is 18.6 Å². The maximum Gasteiger partial charge on any atom is 0.228 e. The average molecular weight is 347 g/mol. The number of hydrogen-bond acceptors (Lipinski definition) is 2. The Labute approximate surface area is 146 Å². The van der Waals surface area contributed by atoms with Gasteiger partial charge in [-0.3, -0.25) is 4.79 Å². The summed E-state index contributed by atoms with van der Waals surface area (Å²) < 4.78 is 13.7. The van der Waals surface area contributed by atoms with E-state index in [0.29, 0.717) is 10.7 Å². The minimum absolute atomic E-state index is 0.162. The van der Waals surface area contributed by atoms with Crippen molar-refractivity contribution in [3.05, 3.63) is 58.9 Å². The molecule has 0 spiro atoms. The van der Waals surface area contributed by atoms with E-state index in [1.807, 2.05) is 18.2 Å². The van der Waals surface area contributed by atoms with Gasteiger partial charge in [-0.05, 0) is 49.1 Å². The number of piperidine rings is 1. The van der Waals surface area contributed by atoms with Gasteiger partial charge in [0.15, 0.2) is 0 Å². The molecule has 1 amide bonds. The van der Waals surface area contributed by atoms with Crippen LogP contribution in [0.15, 0.2) is 42.5 Å². The van der Waals surface area contributed by atoms with Crippen molar-refractivity contribution in [1.29, 1.82) is 0 Å². The maximum atomic E-state index is 13.7. The normalized spacial score (nSPS) is 14.5. The highest BCUT2D eigenvalue weighted by atomic mass is 35.5. The standard InChI is InChI=1S/C19H20ClFN2O/c20-16-7-3-2-6-14(16)12-19(24)22-17-13-15(21)8-9-18(17)23-10-4-1-5-11-23/h2-3,6-9,13H,1,4-5,10-12H2,(H,22,24). The molecule has 0 aliphatic carbocycles. The number of benzene rings is 2. The first-order chi connectivity index (χ1) is 11.6. The molecule has 24 heavy (non-hydrogen) atoms. The summed E-state index contributed by atoms with van der Waals surface area (Å²) >= 11 is 6.10. The molecule has 0 atom stereocenters. The lowest BCUT2D eigenvalue weighted by Crippen LogP contribution is -2.30. The third-order valence-corrected chi connectivity index (χ3v) is 4.61. The molecule has 2 aromatic rings. The van der Waals surface area contributed by atoms with Crippen molar-refractivity contribution < 1.29 is 9.18 Å². The van der Waals surface area contributed by atoms with Crippen LogP contribution in [0.25, 0.3) is 0 Å². The molecule has 0 saturated carbocycles. The highest BCUT2D eigenvalue weighted by Gasteiger charge is 2.17. The molecule has 0 radical (unpaired) electrons. The summed E-state index contributed by atoms with van der Waals surface area (Å²) in [6, 6.07) is 11.8. The molecule has 0 bridgehead atoms. The number of nitrogens with zero attached hydrogens (tertiary/aromatic N) is 1. The summed E-state index contributed by atoms with van der Waals surface area (Å²) in [4.78, 5) is 14.6. The summed E-state index contributed by atoms with van der Waals surface area (Å²) in [5, 5.41) is 3.40. The molecule has 3 rings (SSSR count). The Kier molecular flexibility index (Phi) is 5.36. The maximum absolute atomic E-state index is 13.7. The number of carbonyl (C=O) groups excluding carboxylic acids is 1. The van der Waals surface area contributed by atoms with Crippen molar-refractivity contribution >= 4 is 28.9 Å². The predicted octanol–water partition coefficient (Wildman–Crippen LogP) is 4.65. The van der Waals surface area contributed by atoms with E-state index in [-0.39, 0.29) is 18.1 Å². The largest absolute Gasteiger partial charge is 0.370 e. The van der Waals surface area contributed by atoms with Gasteiger partial charge >= 0.3 is 0 Å². The number of nitrogens with one attached hydrogen (secondary N) is 1. The molecule has 1 heterocycles. The quantitative estimate of drug-likeness (QED) is 0.873. The summed E-state index contributed by atoms with van der Waals surface area (Å²) in [5.74, 6) is -0.559. The van der Waals surface area contributed by atoms with Gasteiger partial charge in [-0.15, -0.1) is 0 Å². The van der Waals surface area contributed by atoms with Crippen LogP contribution in [0.3, 0.4) is 0 Å². The zero-order valence-electron chi connectivity index (χ0n) is 13.4. The second-order valence-corrected chi connectivity index (χ2v) is 6.43. The Morgan fingerprint density at radius 1 is 1.12 bits per heavy atom. The Hall–Kier alpha value is -2.07. The SMILES string of the molecule is O=C(Cc1ccccc1Cl)Nc1cc(F)ccc1N1CCCCC1. The van der Waals surface area contributed by atoms with Crippen LogP contribution < -0.4 is 10.2 Å². The number of rotatable bonds is 4. The smallest absolute Gasteiger partial charge is 0.228 e. The molecule has 5 heteroatoms. The van der Waals surface area contributed by atoms with E-state index in [0.717, 1.165) is 37.2 Å². The van der Waals surface area contributed by atoms with Gasteiger partial charge in [-0.1, -0.05) is 29.8 Å². The van der Waals surface area contributed by atoms with Gasteiger partial charge < -0.3 is 10.2 Å². The molecule has 126 valence electrons. The first-order valence-corrected chi connectivity index (χ1v) is 8.59. The molecule has 1 aliphatic heterocycles. The lowest BCUT2D eigenvalue weighted by atomic mass is 10.1. The Balaban J connectivity index is 1.77. The van der Waals surface area contributed by atoms with Crippen molar-refractivity contribution in [2.24, 2.45) is 0 Å². The highest BCUT2D eigenvalue weighted by Crippen LogP contribution is 2.29. The molecule has 1 saturated heterocycles. The molecule has 1 N–H and O–H groups in total. The van der Waals surface area contributed by atoms with Crippen LogP contribution in [-0.2, 0) is 11.2 Å². The minimum Gasteiger partial charge on any atom is -0.370 e. The second kappa shape index (κ2) is 7.67. The molecule has 0 aromatic heterocycles. The van der Waals surface area contributed by atoms with E-state index in [1.54, 1.807) is 12.1 Å². The van der Waals surface area contributed by atoms with Gasteiger partial charge in [0, 0.05) is 18.1 Å². The van der Waals surface area contributed by atoms with E-state index in [9.17, 15) is 9.18 Å². The highest BCUT2D eigenvalue weighted by molar-refractivity contribution is 6.31. The third kappa shape index (κ3) is 4.06. The van der Waals surface area contributed by atoms with Gasteiger partial charge in [0.1, 0.15) is 5.82 Å². The zero-order chi connectivity index (χ0) is 16.9. The molecular weight excluding hydrogens is 327 g/mol. The summed E-state index contributed by atoms with van der Waals surface area (Å²) in [6.07, 6.45) is 3.61. The molecule has 1 fully saturated rings. The number of carbonyl (C=O) groups is 1. The Bertz CT molecular complexity index is 729. The van der Waals surface area contributed by atoms with Crippen molar-refractivity contribution in [3.8, 4) is 0 Å². The van der Waals surface area contributed by atoms with Crippen molar-refractivity contribution in [2.75, 3.05) is 23.3 Å². The summed E-state index contributed by atoms with van der Waals surface area (Å²) in [6.45, 7) is 1.86. The zero-order valence-corrected chi connectivity index (χ0v) is 14.2. The number of hydrogen-bond donors (Lipinski definition) is 1. The van der Waals surface area contributed by atoms with E-state index in [2.05, 4.69) is 10.2 Å². The van der Waals surface area contributed by atoms with Crippen molar-refractivity contribution in [1.82, 2.24) is 0 Å².